The van der Waals surface area contributed by atoms with E-state index in [0.717, 1.165) is 24.4 Å². The molecule has 0 aliphatic carbocycles. The van der Waals surface area contributed by atoms with Gasteiger partial charge in [0.2, 0.25) is 0 Å². The molecule has 1 fully saturated rings. The van der Waals surface area contributed by atoms with E-state index >= 15 is 0 Å². The summed E-state index contributed by atoms with van der Waals surface area (Å²) in [5.74, 6) is 0.722. The summed E-state index contributed by atoms with van der Waals surface area (Å²) in [4.78, 5) is 21.6. The third kappa shape index (κ3) is 3.26. The second kappa shape index (κ2) is 6.47. The molecule has 1 aliphatic heterocycles. The van der Waals surface area contributed by atoms with Gasteiger partial charge in [-0.05, 0) is 37.4 Å². The first-order chi connectivity index (χ1) is 9.83. The van der Waals surface area contributed by atoms with Gasteiger partial charge in [0, 0.05) is 13.1 Å². The number of likely N-dealkylation sites (tertiary alicyclic amines) is 1. The fourth-order valence-corrected chi connectivity index (χ4v) is 3.36. The molecule has 0 unspecified atom stereocenters. The minimum Gasteiger partial charge on any atom is -0.309 e. The summed E-state index contributed by atoms with van der Waals surface area (Å²) in [6, 6.07) is 1.90. The maximum absolute atomic E-state index is 11.8. The van der Waals surface area contributed by atoms with Gasteiger partial charge >= 0.3 is 0 Å². The van der Waals surface area contributed by atoms with Crippen LogP contribution in [0.5, 0.6) is 0 Å². The summed E-state index contributed by atoms with van der Waals surface area (Å²) < 4.78 is 0.710. The zero-order chi connectivity index (χ0) is 13.8. The molecular weight excluding hydrogens is 272 g/mol. The molecule has 2 N–H and O–H groups in total. The third-order valence-corrected chi connectivity index (χ3v) is 4.61. The fourth-order valence-electron chi connectivity index (χ4n) is 2.63. The van der Waals surface area contributed by atoms with Crippen LogP contribution in [0, 0.1) is 0 Å². The highest BCUT2D eigenvalue weighted by Crippen LogP contribution is 2.13. The minimum absolute atomic E-state index is 0.0298. The lowest BCUT2D eigenvalue weighted by Crippen LogP contribution is -2.35. The highest BCUT2D eigenvalue weighted by atomic mass is 32.1. The first-order valence-corrected chi connectivity index (χ1v) is 8.10. The number of nitrogens with zero attached hydrogens (tertiary/aromatic N) is 2. The number of piperidine rings is 1. The smallest absolute Gasteiger partial charge is 0.268 e. The van der Waals surface area contributed by atoms with Crippen LogP contribution in [0.1, 0.15) is 25.1 Å². The minimum atomic E-state index is -0.0298. The summed E-state index contributed by atoms with van der Waals surface area (Å²) in [6.07, 6.45) is 4.02. The SMILES string of the molecule is O=c1[nH]c(CNCCN2CCCCC2)nc2ccsc12. The van der Waals surface area contributed by atoms with Crippen molar-refractivity contribution >= 4 is 21.6 Å². The van der Waals surface area contributed by atoms with Crippen LogP contribution < -0.4 is 10.9 Å². The van der Waals surface area contributed by atoms with Gasteiger partial charge in [-0.25, -0.2) is 4.98 Å². The van der Waals surface area contributed by atoms with Crippen LogP contribution in [0.3, 0.4) is 0 Å². The van der Waals surface area contributed by atoms with Crippen molar-refractivity contribution in [3.8, 4) is 0 Å². The number of hydrogen-bond donors (Lipinski definition) is 2. The summed E-state index contributed by atoms with van der Waals surface area (Å²) in [5.41, 5.74) is 0.768. The lowest BCUT2D eigenvalue weighted by atomic mass is 10.1. The Kier molecular flexibility index (Phi) is 4.44. The third-order valence-electron chi connectivity index (χ3n) is 3.71. The number of hydrogen-bond acceptors (Lipinski definition) is 5. The Labute approximate surface area is 122 Å². The Morgan fingerprint density at radius 2 is 2.20 bits per heavy atom. The van der Waals surface area contributed by atoms with Gasteiger partial charge in [0.25, 0.3) is 5.56 Å². The van der Waals surface area contributed by atoms with E-state index in [-0.39, 0.29) is 5.56 Å². The van der Waals surface area contributed by atoms with Gasteiger partial charge in [-0.15, -0.1) is 11.3 Å². The molecule has 0 bridgehead atoms. The molecular formula is C14H20N4OS. The Balaban J connectivity index is 1.50. The van der Waals surface area contributed by atoms with E-state index in [1.54, 1.807) is 0 Å². The molecule has 2 aromatic heterocycles. The Morgan fingerprint density at radius 3 is 3.05 bits per heavy atom. The molecule has 0 atom stereocenters. The first kappa shape index (κ1) is 13.7. The standard InChI is InChI=1S/C14H20N4OS/c19-14-13-11(4-9-20-13)16-12(17-14)10-15-5-8-18-6-2-1-3-7-18/h4,9,15H,1-3,5-8,10H2,(H,16,17,19). The molecule has 2 aromatic rings. The van der Waals surface area contributed by atoms with Gasteiger partial charge in [-0.1, -0.05) is 6.42 Å². The average Bonchev–Trinajstić information content (AvgIpc) is 2.94. The van der Waals surface area contributed by atoms with E-state index < -0.39 is 0 Å². The zero-order valence-corrected chi connectivity index (χ0v) is 12.3. The lowest BCUT2D eigenvalue weighted by molar-refractivity contribution is 0.229. The van der Waals surface area contributed by atoms with Crippen molar-refractivity contribution in [2.45, 2.75) is 25.8 Å². The van der Waals surface area contributed by atoms with Crippen LogP contribution in [0.25, 0.3) is 10.2 Å². The molecule has 0 aromatic carbocycles. The lowest BCUT2D eigenvalue weighted by Gasteiger charge is -2.26. The van der Waals surface area contributed by atoms with Crippen molar-refractivity contribution in [3.63, 3.8) is 0 Å². The van der Waals surface area contributed by atoms with Crippen LogP contribution in [-0.4, -0.2) is 41.0 Å². The van der Waals surface area contributed by atoms with Crippen molar-refractivity contribution in [2.24, 2.45) is 0 Å². The molecule has 3 rings (SSSR count). The van der Waals surface area contributed by atoms with Gasteiger partial charge in [0.05, 0.1) is 12.1 Å². The Hall–Kier alpha value is -1.24. The molecule has 0 radical (unpaired) electrons. The van der Waals surface area contributed by atoms with Crippen LogP contribution in [-0.2, 0) is 6.54 Å². The number of nitrogens with one attached hydrogen (secondary N) is 2. The van der Waals surface area contributed by atoms with E-state index in [1.165, 1.54) is 43.7 Å². The van der Waals surface area contributed by atoms with Crippen molar-refractivity contribution in [2.75, 3.05) is 26.2 Å². The van der Waals surface area contributed by atoms with Crippen molar-refractivity contribution in [3.05, 3.63) is 27.6 Å². The van der Waals surface area contributed by atoms with Gasteiger partial charge in [0.15, 0.2) is 0 Å². The summed E-state index contributed by atoms with van der Waals surface area (Å²) in [5, 5.41) is 5.27. The van der Waals surface area contributed by atoms with Gasteiger partial charge < -0.3 is 15.2 Å². The summed E-state index contributed by atoms with van der Waals surface area (Å²) in [7, 11) is 0. The van der Waals surface area contributed by atoms with Crippen molar-refractivity contribution in [1.82, 2.24) is 20.2 Å². The molecule has 0 amide bonds. The normalized spacial score (nSPS) is 16.8. The maximum Gasteiger partial charge on any atom is 0.268 e. The van der Waals surface area contributed by atoms with E-state index in [1.807, 2.05) is 11.4 Å². The first-order valence-electron chi connectivity index (χ1n) is 7.22. The summed E-state index contributed by atoms with van der Waals surface area (Å²) in [6.45, 7) is 5.07. The fraction of sp³-hybridized carbons (Fsp3) is 0.571. The van der Waals surface area contributed by atoms with Crippen LogP contribution >= 0.6 is 11.3 Å². The van der Waals surface area contributed by atoms with E-state index in [4.69, 9.17) is 0 Å². The zero-order valence-electron chi connectivity index (χ0n) is 11.5. The van der Waals surface area contributed by atoms with Gasteiger partial charge in [-0.3, -0.25) is 4.79 Å². The predicted octanol–water partition coefficient (Wildman–Crippen LogP) is 1.56. The number of rotatable bonds is 5. The van der Waals surface area contributed by atoms with Crippen molar-refractivity contribution < 1.29 is 0 Å². The molecule has 1 saturated heterocycles. The predicted molar refractivity (Wildman–Crippen MR) is 82.2 cm³/mol. The topological polar surface area (TPSA) is 61.0 Å². The summed E-state index contributed by atoms with van der Waals surface area (Å²) >= 11 is 1.44. The highest BCUT2D eigenvalue weighted by Gasteiger charge is 2.09. The van der Waals surface area contributed by atoms with E-state index in [9.17, 15) is 4.79 Å². The van der Waals surface area contributed by atoms with Crippen LogP contribution in [0.4, 0.5) is 0 Å². The van der Waals surface area contributed by atoms with Crippen LogP contribution in [0.15, 0.2) is 16.2 Å². The molecule has 3 heterocycles. The van der Waals surface area contributed by atoms with E-state index in [2.05, 4.69) is 20.2 Å². The van der Waals surface area contributed by atoms with Gasteiger partial charge in [0.1, 0.15) is 10.5 Å². The number of fused-ring (bicyclic) bond motifs is 1. The Morgan fingerprint density at radius 1 is 1.35 bits per heavy atom. The Bertz CT molecular complexity index is 615. The molecule has 0 spiro atoms. The maximum atomic E-state index is 11.8. The second-order valence-corrected chi connectivity index (χ2v) is 6.14. The largest absolute Gasteiger partial charge is 0.309 e. The number of thiophene rings is 1. The average molecular weight is 292 g/mol. The number of H-pyrrole nitrogens is 1. The second-order valence-electron chi connectivity index (χ2n) is 5.23. The molecule has 5 nitrogen and oxygen atoms in total. The molecule has 108 valence electrons. The molecule has 1 aliphatic rings. The number of aromatic amines is 1. The monoisotopic (exact) mass is 292 g/mol. The molecule has 0 saturated carbocycles. The van der Waals surface area contributed by atoms with Gasteiger partial charge in [-0.2, -0.15) is 0 Å². The molecule has 20 heavy (non-hydrogen) atoms. The number of aromatic nitrogens is 2. The van der Waals surface area contributed by atoms with Crippen molar-refractivity contribution in [1.29, 1.82) is 0 Å². The van der Waals surface area contributed by atoms with E-state index in [0.29, 0.717) is 11.2 Å². The van der Waals surface area contributed by atoms with Crippen LogP contribution in [0.2, 0.25) is 0 Å². The molecule has 6 heteroatoms. The highest BCUT2D eigenvalue weighted by molar-refractivity contribution is 7.17. The quantitative estimate of drug-likeness (QED) is 0.821.